The Kier molecular flexibility index (Phi) is 6.91. The third-order valence-electron chi connectivity index (χ3n) is 4.04. The lowest BCUT2D eigenvalue weighted by Crippen LogP contribution is -2.20. The molecular weight excluding hydrogens is 391 g/mol. The summed E-state index contributed by atoms with van der Waals surface area (Å²) in [7, 11) is 1.61. The van der Waals surface area contributed by atoms with Gasteiger partial charge in [-0.2, -0.15) is 5.10 Å². The summed E-state index contributed by atoms with van der Waals surface area (Å²) in [5, 5.41) is 4.77. The van der Waals surface area contributed by atoms with E-state index < -0.39 is 11.7 Å². The molecule has 0 radical (unpaired) electrons. The third-order valence-corrected chi connectivity index (χ3v) is 4.97. The molecule has 0 saturated heterocycles. The molecular formula is C21H19FN4O2S. The summed E-state index contributed by atoms with van der Waals surface area (Å²) >= 11 is 1.49. The first kappa shape index (κ1) is 20.5. The Balaban J connectivity index is 1.74. The molecule has 1 aromatic heterocycles. The topological polar surface area (TPSA) is 76.5 Å². The molecule has 0 fully saturated rings. The molecule has 1 amide bonds. The van der Waals surface area contributed by atoms with Crippen molar-refractivity contribution in [2.45, 2.75) is 17.8 Å². The summed E-state index contributed by atoms with van der Waals surface area (Å²) in [6, 6.07) is 13.1. The van der Waals surface area contributed by atoms with Gasteiger partial charge in [-0.15, -0.1) is 0 Å². The van der Waals surface area contributed by atoms with Gasteiger partial charge in [0.05, 0.1) is 18.4 Å². The smallest absolute Gasteiger partial charge is 0.274 e. The van der Waals surface area contributed by atoms with Gasteiger partial charge in [-0.25, -0.2) is 19.8 Å². The van der Waals surface area contributed by atoms with Gasteiger partial charge in [-0.1, -0.05) is 23.9 Å². The predicted molar refractivity (Wildman–Crippen MR) is 111 cm³/mol. The van der Waals surface area contributed by atoms with Crippen molar-refractivity contribution in [3.05, 3.63) is 83.4 Å². The summed E-state index contributed by atoms with van der Waals surface area (Å²) in [5.41, 5.74) is 4.67. The number of ether oxygens (including phenoxy) is 1. The molecule has 6 nitrogen and oxygen atoms in total. The molecule has 0 aliphatic rings. The van der Waals surface area contributed by atoms with E-state index in [0.717, 1.165) is 16.9 Å². The second kappa shape index (κ2) is 9.79. The van der Waals surface area contributed by atoms with Crippen molar-refractivity contribution in [3.8, 4) is 5.75 Å². The Morgan fingerprint density at radius 2 is 1.93 bits per heavy atom. The van der Waals surface area contributed by atoms with Gasteiger partial charge in [0, 0.05) is 23.7 Å². The Bertz CT molecular complexity index is 1030. The highest BCUT2D eigenvalue weighted by Crippen LogP contribution is 2.27. The number of carbonyl (C=O) groups is 1. The van der Waals surface area contributed by atoms with Crippen LogP contribution in [0.25, 0.3) is 0 Å². The van der Waals surface area contributed by atoms with Crippen molar-refractivity contribution in [2.75, 3.05) is 7.11 Å². The molecule has 3 rings (SSSR count). The predicted octanol–water partition coefficient (Wildman–Crippen LogP) is 4.07. The fraction of sp³-hybridized carbons (Fsp3) is 0.143. The normalized spacial score (nSPS) is 11.2. The van der Waals surface area contributed by atoms with Crippen LogP contribution < -0.4 is 10.2 Å². The summed E-state index contributed by atoms with van der Waals surface area (Å²) in [4.78, 5) is 20.5. The monoisotopic (exact) mass is 410 g/mol. The van der Waals surface area contributed by atoms with Crippen LogP contribution in [0, 0.1) is 5.82 Å². The van der Waals surface area contributed by atoms with Gasteiger partial charge in [0.2, 0.25) is 0 Å². The average Bonchev–Trinajstić information content (AvgIpc) is 2.76. The van der Waals surface area contributed by atoms with Crippen molar-refractivity contribution in [1.29, 1.82) is 0 Å². The highest BCUT2D eigenvalue weighted by Gasteiger charge is 2.11. The maximum Gasteiger partial charge on any atom is 0.274 e. The number of methoxy groups -OCH3 is 1. The van der Waals surface area contributed by atoms with Crippen LogP contribution >= 0.6 is 11.8 Å². The molecule has 1 N–H and O–H groups in total. The molecule has 0 aliphatic heterocycles. The van der Waals surface area contributed by atoms with E-state index in [9.17, 15) is 9.18 Å². The first-order valence-corrected chi connectivity index (χ1v) is 9.73. The molecule has 29 heavy (non-hydrogen) atoms. The molecule has 0 atom stereocenters. The van der Waals surface area contributed by atoms with E-state index in [0.29, 0.717) is 16.6 Å². The molecule has 8 heteroatoms. The fourth-order valence-corrected chi connectivity index (χ4v) is 3.30. The molecule has 0 spiro atoms. The number of amides is 1. The third kappa shape index (κ3) is 5.39. The van der Waals surface area contributed by atoms with Crippen LogP contribution in [0.1, 0.15) is 28.4 Å². The molecule has 0 saturated carbocycles. The molecule has 3 aromatic rings. The number of nitrogens with zero attached hydrogens (tertiary/aromatic N) is 3. The minimum atomic E-state index is -0.604. The van der Waals surface area contributed by atoms with E-state index in [1.807, 2.05) is 18.2 Å². The maximum absolute atomic E-state index is 13.7. The Morgan fingerprint density at radius 1 is 1.17 bits per heavy atom. The number of rotatable bonds is 7. The zero-order valence-electron chi connectivity index (χ0n) is 15.9. The van der Waals surface area contributed by atoms with E-state index in [1.54, 1.807) is 38.6 Å². The lowest BCUT2D eigenvalue weighted by Gasteiger charge is -2.10. The number of nitrogens with one attached hydrogen (secondary N) is 1. The van der Waals surface area contributed by atoms with Gasteiger partial charge in [-0.3, -0.25) is 4.79 Å². The van der Waals surface area contributed by atoms with Gasteiger partial charge in [0.25, 0.3) is 5.91 Å². The summed E-state index contributed by atoms with van der Waals surface area (Å²) < 4.78 is 19.1. The number of benzene rings is 2. The first-order valence-electron chi connectivity index (χ1n) is 8.74. The minimum absolute atomic E-state index is 0.0567. The second-order valence-corrected chi connectivity index (χ2v) is 6.91. The fourth-order valence-electron chi connectivity index (χ4n) is 2.52. The van der Waals surface area contributed by atoms with Crippen LogP contribution in [0.5, 0.6) is 5.75 Å². The first-order chi connectivity index (χ1) is 14.1. The van der Waals surface area contributed by atoms with Crippen LogP contribution in [-0.2, 0) is 5.75 Å². The van der Waals surface area contributed by atoms with Gasteiger partial charge in [-0.05, 0) is 48.9 Å². The zero-order valence-corrected chi connectivity index (χ0v) is 16.7. The van der Waals surface area contributed by atoms with Crippen LogP contribution in [-0.4, -0.2) is 28.7 Å². The van der Waals surface area contributed by atoms with E-state index >= 15 is 0 Å². The quantitative estimate of drug-likeness (QED) is 0.275. The molecule has 0 bridgehead atoms. The lowest BCUT2D eigenvalue weighted by molar-refractivity contribution is 0.0951. The van der Waals surface area contributed by atoms with Crippen molar-refractivity contribution >= 4 is 23.4 Å². The number of aromatic nitrogens is 2. The number of thioether (sulfide) groups is 1. The van der Waals surface area contributed by atoms with Crippen LogP contribution in [0.2, 0.25) is 0 Å². The van der Waals surface area contributed by atoms with Crippen molar-refractivity contribution in [3.63, 3.8) is 0 Å². The van der Waals surface area contributed by atoms with Crippen molar-refractivity contribution < 1.29 is 13.9 Å². The van der Waals surface area contributed by atoms with Crippen LogP contribution in [0.3, 0.4) is 0 Å². The summed E-state index contributed by atoms with van der Waals surface area (Å²) in [6.07, 6.45) is 3.39. The lowest BCUT2D eigenvalue weighted by atomic mass is 10.1. The van der Waals surface area contributed by atoms with Crippen LogP contribution in [0.15, 0.2) is 71.2 Å². The van der Waals surface area contributed by atoms with Crippen LogP contribution in [0.4, 0.5) is 4.39 Å². The number of hydrazone groups is 1. The van der Waals surface area contributed by atoms with Gasteiger partial charge in [0.1, 0.15) is 11.6 Å². The zero-order chi connectivity index (χ0) is 20.6. The SMILES string of the molecule is COc1ccc(/C(C)=N\NC(=O)c2ccccc2F)cc1CSc1ncccn1. The Hall–Kier alpha value is -3.26. The van der Waals surface area contributed by atoms with Crippen molar-refractivity contribution in [1.82, 2.24) is 15.4 Å². The Labute approximate surface area is 172 Å². The minimum Gasteiger partial charge on any atom is -0.496 e. The molecule has 0 unspecified atom stereocenters. The number of halogens is 1. The average molecular weight is 410 g/mol. The van der Waals surface area contributed by atoms with E-state index in [-0.39, 0.29) is 5.56 Å². The summed E-state index contributed by atoms with van der Waals surface area (Å²) in [6.45, 7) is 1.76. The number of hydrogen-bond acceptors (Lipinski definition) is 6. The highest BCUT2D eigenvalue weighted by atomic mass is 32.2. The van der Waals surface area contributed by atoms with Gasteiger partial charge in [0.15, 0.2) is 5.16 Å². The standard InChI is InChI=1S/C21H19FN4O2S/c1-14(25-26-20(27)17-6-3-4-7-18(17)22)15-8-9-19(28-2)16(12-15)13-29-21-23-10-5-11-24-21/h3-12H,13H2,1-2H3,(H,26,27)/b25-14-. The number of carbonyl (C=O) groups excluding carboxylic acids is 1. The molecule has 0 aliphatic carbocycles. The Morgan fingerprint density at radius 3 is 2.66 bits per heavy atom. The van der Waals surface area contributed by atoms with Crippen molar-refractivity contribution in [2.24, 2.45) is 5.10 Å². The summed E-state index contributed by atoms with van der Waals surface area (Å²) in [5.74, 6) is 0.147. The van der Waals surface area contributed by atoms with Gasteiger partial charge >= 0.3 is 0 Å². The second-order valence-electron chi connectivity index (χ2n) is 5.96. The van der Waals surface area contributed by atoms with E-state index in [1.165, 1.54) is 30.0 Å². The maximum atomic E-state index is 13.7. The largest absolute Gasteiger partial charge is 0.496 e. The van der Waals surface area contributed by atoms with E-state index in [4.69, 9.17) is 4.74 Å². The molecule has 1 heterocycles. The molecule has 148 valence electrons. The van der Waals surface area contributed by atoms with E-state index in [2.05, 4.69) is 20.5 Å². The number of hydrogen-bond donors (Lipinski definition) is 1. The molecule has 2 aromatic carbocycles. The highest BCUT2D eigenvalue weighted by molar-refractivity contribution is 7.98. The van der Waals surface area contributed by atoms with Gasteiger partial charge < -0.3 is 4.74 Å².